The monoisotopic (exact) mass is 794 g/mol. The fraction of sp³-hybridized carbons (Fsp3) is 0. The SMILES string of the molecule is c1ccc2cc3c(cc2c1)c1ccccc1n3-c1cc(-c2nc(-c3ccc4c(c3)oc3ccccc34)nc(-c3ccc4c(c3)oc3ccccc34)n2)cc2c1oc1ccccc12. The first-order chi connectivity index (χ1) is 30.7. The Morgan fingerprint density at radius 2 is 0.790 bits per heavy atom. The molecule has 5 aromatic heterocycles. The van der Waals surface area contributed by atoms with Crippen LogP contribution in [0, 0.1) is 0 Å². The van der Waals surface area contributed by atoms with E-state index in [1.54, 1.807) is 0 Å². The van der Waals surface area contributed by atoms with Crippen molar-refractivity contribution in [1.82, 2.24) is 19.5 Å². The normalized spacial score (nSPS) is 12.2. The van der Waals surface area contributed by atoms with Crippen molar-refractivity contribution in [3.05, 3.63) is 182 Å². The van der Waals surface area contributed by atoms with E-state index in [4.69, 9.17) is 28.2 Å². The van der Waals surface area contributed by atoms with Crippen LogP contribution in [0.4, 0.5) is 0 Å². The molecule has 0 radical (unpaired) electrons. The highest BCUT2D eigenvalue weighted by Gasteiger charge is 2.22. The Morgan fingerprint density at radius 3 is 1.42 bits per heavy atom. The van der Waals surface area contributed by atoms with Gasteiger partial charge in [0.25, 0.3) is 0 Å². The molecule has 0 aliphatic rings. The molecule has 62 heavy (non-hydrogen) atoms. The molecule has 288 valence electrons. The van der Waals surface area contributed by atoms with Crippen LogP contribution < -0.4 is 0 Å². The topological polar surface area (TPSA) is 83.0 Å². The van der Waals surface area contributed by atoms with E-state index < -0.39 is 0 Å². The van der Waals surface area contributed by atoms with Crippen LogP contribution in [0.1, 0.15) is 0 Å². The molecule has 0 unspecified atom stereocenters. The molecule has 0 saturated carbocycles. The van der Waals surface area contributed by atoms with Gasteiger partial charge in [-0.2, -0.15) is 0 Å². The largest absolute Gasteiger partial charge is 0.456 e. The Morgan fingerprint density at radius 1 is 0.306 bits per heavy atom. The third kappa shape index (κ3) is 4.84. The Bertz CT molecular complexity index is 4060. The van der Waals surface area contributed by atoms with E-state index in [9.17, 15) is 0 Å². The van der Waals surface area contributed by atoms with Crippen LogP contribution in [-0.2, 0) is 0 Å². The summed E-state index contributed by atoms with van der Waals surface area (Å²) in [5.41, 5.74) is 10.3. The van der Waals surface area contributed by atoms with Crippen LogP contribution in [0.25, 0.3) is 138 Å². The first-order valence-electron chi connectivity index (χ1n) is 20.7. The molecule has 0 atom stereocenters. The summed E-state index contributed by atoms with van der Waals surface area (Å²) in [6, 6.07) is 62.8. The maximum atomic E-state index is 6.81. The molecule has 7 nitrogen and oxygen atoms in total. The highest BCUT2D eigenvalue weighted by molar-refractivity contribution is 6.16. The number of nitrogens with zero attached hydrogens (tertiary/aromatic N) is 4. The van der Waals surface area contributed by atoms with Crippen LogP contribution in [0.2, 0.25) is 0 Å². The molecule has 0 saturated heterocycles. The van der Waals surface area contributed by atoms with Crippen molar-refractivity contribution in [3.8, 4) is 39.9 Å². The Kier molecular flexibility index (Phi) is 6.71. The van der Waals surface area contributed by atoms with E-state index in [1.807, 2.05) is 60.7 Å². The minimum Gasteiger partial charge on any atom is -0.456 e. The fourth-order valence-corrected chi connectivity index (χ4v) is 9.51. The van der Waals surface area contributed by atoms with Crippen LogP contribution >= 0.6 is 0 Å². The Labute approximate surface area is 351 Å². The smallest absolute Gasteiger partial charge is 0.164 e. The summed E-state index contributed by atoms with van der Waals surface area (Å²) in [6.07, 6.45) is 0. The minimum atomic E-state index is 0.527. The van der Waals surface area contributed by atoms with Gasteiger partial charge in [-0.25, -0.2) is 15.0 Å². The number of fused-ring (bicyclic) bond motifs is 13. The van der Waals surface area contributed by atoms with Crippen molar-refractivity contribution in [1.29, 1.82) is 0 Å². The van der Waals surface area contributed by atoms with Gasteiger partial charge in [0.1, 0.15) is 27.9 Å². The second kappa shape index (κ2) is 12.5. The van der Waals surface area contributed by atoms with E-state index >= 15 is 0 Å². The predicted molar refractivity (Wildman–Crippen MR) is 250 cm³/mol. The quantitative estimate of drug-likeness (QED) is 0.176. The van der Waals surface area contributed by atoms with Gasteiger partial charge in [-0.05, 0) is 83.6 Å². The highest BCUT2D eigenvalue weighted by atomic mass is 16.3. The van der Waals surface area contributed by atoms with Crippen molar-refractivity contribution in [2.75, 3.05) is 0 Å². The van der Waals surface area contributed by atoms with Gasteiger partial charge in [-0.3, -0.25) is 0 Å². The maximum absolute atomic E-state index is 6.81. The zero-order chi connectivity index (χ0) is 40.5. The van der Waals surface area contributed by atoms with E-state index in [0.717, 1.165) is 110 Å². The average molecular weight is 795 g/mol. The molecule has 7 heteroatoms. The molecule has 0 aliphatic carbocycles. The lowest BCUT2D eigenvalue weighted by Crippen LogP contribution is -2.01. The number of para-hydroxylation sites is 4. The van der Waals surface area contributed by atoms with Gasteiger partial charge in [-0.1, -0.05) is 109 Å². The summed E-state index contributed by atoms with van der Waals surface area (Å²) in [7, 11) is 0. The summed E-state index contributed by atoms with van der Waals surface area (Å²) in [5, 5.41) is 10.9. The molecule has 14 rings (SSSR count). The predicted octanol–water partition coefficient (Wildman–Crippen LogP) is 14.8. The van der Waals surface area contributed by atoms with Gasteiger partial charge in [0, 0.05) is 59.8 Å². The molecule has 14 aromatic rings. The standard InChI is InChI=1S/C55H30N4O3/c1-2-12-32-27-45-42(25-31(32)11-1)36-13-3-7-17-44(36)59(45)46-28-35(26-43-39-16-6-10-20-49(39)62-52(43)46)55-57-53(33-21-23-40-37-14-4-8-18-47(37)60-50(40)29-33)56-54(58-55)34-22-24-41-38-15-5-9-19-48(38)61-51(41)30-34/h1-30H. The minimum absolute atomic E-state index is 0.527. The second-order valence-corrected chi connectivity index (χ2v) is 16.0. The molecule has 0 N–H and O–H groups in total. The summed E-state index contributed by atoms with van der Waals surface area (Å²) in [6.45, 7) is 0. The summed E-state index contributed by atoms with van der Waals surface area (Å²) < 4.78 is 21.9. The molecular formula is C55H30N4O3. The van der Waals surface area contributed by atoms with Crippen molar-refractivity contribution < 1.29 is 13.3 Å². The molecule has 0 fully saturated rings. The van der Waals surface area contributed by atoms with E-state index in [1.165, 1.54) is 10.8 Å². The van der Waals surface area contributed by atoms with Crippen LogP contribution in [0.15, 0.2) is 195 Å². The van der Waals surface area contributed by atoms with E-state index in [0.29, 0.717) is 17.5 Å². The summed E-state index contributed by atoms with van der Waals surface area (Å²) >= 11 is 0. The molecular weight excluding hydrogens is 765 g/mol. The second-order valence-electron chi connectivity index (χ2n) is 16.0. The zero-order valence-electron chi connectivity index (χ0n) is 32.8. The third-order valence-electron chi connectivity index (χ3n) is 12.4. The van der Waals surface area contributed by atoms with Gasteiger partial charge < -0.3 is 17.8 Å². The van der Waals surface area contributed by atoms with Crippen molar-refractivity contribution in [2.24, 2.45) is 0 Å². The molecule has 0 amide bonds. The third-order valence-corrected chi connectivity index (χ3v) is 12.4. The van der Waals surface area contributed by atoms with Gasteiger partial charge in [0.05, 0.1) is 16.7 Å². The first kappa shape index (κ1) is 33.3. The van der Waals surface area contributed by atoms with Gasteiger partial charge in [-0.15, -0.1) is 0 Å². The van der Waals surface area contributed by atoms with Crippen molar-refractivity contribution >= 4 is 98.4 Å². The number of aromatic nitrogens is 4. The average Bonchev–Trinajstić information content (AvgIpc) is 4.09. The zero-order valence-corrected chi connectivity index (χ0v) is 32.8. The Balaban J connectivity index is 1.05. The van der Waals surface area contributed by atoms with Crippen LogP contribution in [0.3, 0.4) is 0 Å². The molecule has 9 aromatic carbocycles. The first-order valence-corrected chi connectivity index (χ1v) is 20.7. The van der Waals surface area contributed by atoms with Gasteiger partial charge in [0.2, 0.25) is 0 Å². The maximum Gasteiger partial charge on any atom is 0.164 e. The lowest BCUT2D eigenvalue weighted by molar-refractivity contribution is 0.666. The van der Waals surface area contributed by atoms with E-state index in [2.05, 4.69) is 126 Å². The molecule has 0 aliphatic heterocycles. The van der Waals surface area contributed by atoms with Crippen molar-refractivity contribution in [2.45, 2.75) is 0 Å². The van der Waals surface area contributed by atoms with Crippen LogP contribution in [-0.4, -0.2) is 19.5 Å². The number of furan rings is 3. The Hall–Kier alpha value is -8.55. The van der Waals surface area contributed by atoms with Crippen molar-refractivity contribution in [3.63, 3.8) is 0 Å². The fourth-order valence-electron chi connectivity index (χ4n) is 9.51. The highest BCUT2D eigenvalue weighted by Crippen LogP contribution is 2.42. The number of rotatable bonds is 4. The van der Waals surface area contributed by atoms with Gasteiger partial charge >= 0.3 is 0 Å². The number of benzene rings is 9. The van der Waals surface area contributed by atoms with Gasteiger partial charge in [0.15, 0.2) is 23.1 Å². The summed E-state index contributed by atoms with van der Waals surface area (Å²) in [5.74, 6) is 1.58. The summed E-state index contributed by atoms with van der Waals surface area (Å²) in [4.78, 5) is 15.8. The molecule has 0 spiro atoms. The molecule has 0 bridgehead atoms. The number of hydrogen-bond acceptors (Lipinski definition) is 6. The van der Waals surface area contributed by atoms with Crippen LogP contribution in [0.5, 0.6) is 0 Å². The number of hydrogen-bond donors (Lipinski definition) is 0. The van der Waals surface area contributed by atoms with E-state index in [-0.39, 0.29) is 0 Å². The molecule has 5 heterocycles. The lowest BCUT2D eigenvalue weighted by Gasteiger charge is -2.13. The lowest BCUT2D eigenvalue weighted by atomic mass is 10.1.